The van der Waals surface area contributed by atoms with Gasteiger partial charge in [-0.15, -0.1) is 0 Å². The number of ketones is 1. The number of rotatable bonds is 4. The molecule has 0 saturated heterocycles. The van der Waals surface area contributed by atoms with Crippen molar-refractivity contribution in [2.45, 2.75) is 51.9 Å². The molecule has 1 aromatic carbocycles. The van der Waals surface area contributed by atoms with E-state index in [0.29, 0.717) is 5.78 Å². The second-order valence-corrected chi connectivity index (χ2v) is 6.26. The molecule has 1 aromatic rings. The third kappa shape index (κ3) is 2.61. The highest BCUT2D eigenvalue weighted by molar-refractivity contribution is 6.00. The molecular formula is C18H24O2. The number of carbonyl (C=O) groups excluding carboxylic acids is 1. The number of hydrogen-bond acceptors (Lipinski definition) is 2. The molecule has 0 bridgehead atoms. The lowest BCUT2D eigenvalue weighted by molar-refractivity contribution is 0.0866. The van der Waals surface area contributed by atoms with Gasteiger partial charge in [-0.25, -0.2) is 0 Å². The first-order chi connectivity index (χ1) is 9.79. The normalized spacial score (nSPS) is 25.1. The van der Waals surface area contributed by atoms with Crippen molar-refractivity contribution in [3.8, 4) is 5.75 Å². The molecule has 0 atom stereocenters. The Hall–Kier alpha value is -1.31. The molecule has 0 spiro atoms. The molecule has 0 amide bonds. The lowest BCUT2D eigenvalue weighted by Gasteiger charge is -2.27. The van der Waals surface area contributed by atoms with Crippen LogP contribution in [0.3, 0.4) is 0 Å². The molecule has 0 radical (unpaired) electrons. The van der Waals surface area contributed by atoms with Gasteiger partial charge in [0.2, 0.25) is 0 Å². The molecule has 0 aromatic heterocycles. The van der Waals surface area contributed by atoms with Crippen LogP contribution in [-0.2, 0) is 6.42 Å². The van der Waals surface area contributed by atoms with E-state index >= 15 is 0 Å². The summed E-state index contributed by atoms with van der Waals surface area (Å²) in [5, 5.41) is 0. The van der Waals surface area contributed by atoms with Gasteiger partial charge in [0.25, 0.3) is 0 Å². The molecule has 2 aliphatic rings. The number of benzene rings is 1. The van der Waals surface area contributed by atoms with Crippen LogP contribution in [0.1, 0.15) is 61.4 Å². The fourth-order valence-corrected chi connectivity index (χ4v) is 3.75. The Balaban J connectivity index is 1.70. The van der Waals surface area contributed by atoms with Crippen molar-refractivity contribution in [2.75, 3.05) is 6.61 Å². The van der Waals surface area contributed by atoms with Crippen LogP contribution in [0.5, 0.6) is 5.75 Å². The summed E-state index contributed by atoms with van der Waals surface area (Å²) in [6.45, 7) is 2.98. The van der Waals surface area contributed by atoms with E-state index in [-0.39, 0.29) is 5.92 Å². The van der Waals surface area contributed by atoms with Gasteiger partial charge < -0.3 is 4.74 Å². The third-order valence-corrected chi connectivity index (χ3v) is 4.89. The van der Waals surface area contributed by atoms with Crippen LogP contribution in [0.2, 0.25) is 0 Å². The fraction of sp³-hybridized carbons (Fsp3) is 0.611. The number of fused-ring (bicyclic) bond motifs is 1. The van der Waals surface area contributed by atoms with Crippen LogP contribution >= 0.6 is 0 Å². The zero-order chi connectivity index (χ0) is 13.9. The first-order valence-electron chi connectivity index (χ1n) is 8.08. The zero-order valence-electron chi connectivity index (χ0n) is 12.4. The molecule has 108 valence electrons. The Morgan fingerprint density at radius 2 is 2.05 bits per heavy atom. The lowest BCUT2D eigenvalue weighted by Crippen LogP contribution is -2.22. The minimum atomic E-state index is 0.221. The average molecular weight is 272 g/mol. The maximum atomic E-state index is 12.7. The summed E-state index contributed by atoms with van der Waals surface area (Å²) in [7, 11) is 0. The largest absolute Gasteiger partial charge is 0.492 e. The quantitative estimate of drug-likeness (QED) is 0.759. The van der Waals surface area contributed by atoms with E-state index in [0.717, 1.165) is 43.1 Å². The molecule has 2 heteroatoms. The standard InChI is InChI=1S/C18H24O2/c1-2-4-13-7-9-14(10-8-13)17(19)16-6-3-5-15-11-12-20-18(15)16/h3,5-6,13-14H,2,4,7-12H2,1H3. The highest BCUT2D eigenvalue weighted by atomic mass is 16.5. The second-order valence-electron chi connectivity index (χ2n) is 6.26. The summed E-state index contributed by atoms with van der Waals surface area (Å²) in [5.41, 5.74) is 2.04. The second kappa shape index (κ2) is 5.99. The fourth-order valence-electron chi connectivity index (χ4n) is 3.75. The summed E-state index contributed by atoms with van der Waals surface area (Å²) < 4.78 is 5.68. The van der Waals surface area contributed by atoms with E-state index in [1.54, 1.807) is 0 Å². The Kier molecular flexibility index (Phi) is 4.09. The predicted octanol–water partition coefficient (Wildman–Crippen LogP) is 4.41. The first kappa shape index (κ1) is 13.7. The summed E-state index contributed by atoms with van der Waals surface area (Å²) in [5.74, 6) is 2.26. The average Bonchev–Trinajstić information content (AvgIpc) is 2.96. The molecule has 3 rings (SSSR count). The SMILES string of the molecule is CCCC1CCC(C(=O)c2cccc3c2OCC3)CC1. The number of ether oxygens (including phenoxy) is 1. The minimum Gasteiger partial charge on any atom is -0.492 e. The van der Waals surface area contributed by atoms with Gasteiger partial charge in [0.1, 0.15) is 5.75 Å². The Morgan fingerprint density at radius 1 is 1.25 bits per heavy atom. The van der Waals surface area contributed by atoms with Crippen molar-refractivity contribution in [1.82, 2.24) is 0 Å². The summed E-state index contributed by atoms with van der Waals surface area (Å²) >= 11 is 0. The van der Waals surface area contributed by atoms with E-state index < -0.39 is 0 Å². The van der Waals surface area contributed by atoms with Crippen LogP contribution in [-0.4, -0.2) is 12.4 Å². The van der Waals surface area contributed by atoms with Gasteiger partial charge in [-0.05, 0) is 43.2 Å². The van der Waals surface area contributed by atoms with Crippen molar-refractivity contribution in [3.63, 3.8) is 0 Å². The smallest absolute Gasteiger partial charge is 0.169 e. The Bertz CT molecular complexity index is 484. The summed E-state index contributed by atoms with van der Waals surface area (Å²) in [6, 6.07) is 6.03. The topological polar surface area (TPSA) is 26.3 Å². The highest BCUT2D eigenvalue weighted by Crippen LogP contribution is 2.37. The molecular weight excluding hydrogens is 248 g/mol. The first-order valence-corrected chi connectivity index (χ1v) is 8.08. The molecule has 0 N–H and O–H groups in total. The van der Waals surface area contributed by atoms with Crippen molar-refractivity contribution >= 4 is 5.78 Å². The van der Waals surface area contributed by atoms with Crippen LogP contribution in [0, 0.1) is 11.8 Å². The minimum absolute atomic E-state index is 0.221. The lowest BCUT2D eigenvalue weighted by atomic mass is 9.77. The zero-order valence-corrected chi connectivity index (χ0v) is 12.4. The van der Waals surface area contributed by atoms with Crippen LogP contribution in [0.25, 0.3) is 0 Å². The maximum Gasteiger partial charge on any atom is 0.169 e. The molecule has 2 nitrogen and oxygen atoms in total. The monoisotopic (exact) mass is 272 g/mol. The number of Topliss-reactive ketones (excluding diaryl/α,β-unsaturated/α-hetero) is 1. The predicted molar refractivity (Wildman–Crippen MR) is 80.3 cm³/mol. The van der Waals surface area contributed by atoms with Crippen LogP contribution in [0.15, 0.2) is 18.2 Å². The van der Waals surface area contributed by atoms with E-state index in [4.69, 9.17) is 4.74 Å². The summed E-state index contributed by atoms with van der Waals surface area (Å²) in [6.07, 6.45) is 8.11. The van der Waals surface area contributed by atoms with Gasteiger partial charge >= 0.3 is 0 Å². The molecule has 1 aliphatic heterocycles. The molecule has 1 heterocycles. The van der Waals surface area contributed by atoms with Gasteiger partial charge in [0.05, 0.1) is 12.2 Å². The van der Waals surface area contributed by atoms with Gasteiger partial charge in [-0.3, -0.25) is 4.79 Å². The maximum absolute atomic E-state index is 12.7. The van der Waals surface area contributed by atoms with E-state index in [1.807, 2.05) is 12.1 Å². The molecule has 0 unspecified atom stereocenters. The Labute approximate surface area is 121 Å². The number of hydrogen-bond donors (Lipinski definition) is 0. The van der Waals surface area contributed by atoms with Gasteiger partial charge in [0, 0.05) is 12.3 Å². The Morgan fingerprint density at radius 3 is 2.80 bits per heavy atom. The van der Waals surface area contributed by atoms with Crippen molar-refractivity contribution in [3.05, 3.63) is 29.3 Å². The van der Waals surface area contributed by atoms with E-state index in [2.05, 4.69) is 13.0 Å². The molecule has 1 fully saturated rings. The van der Waals surface area contributed by atoms with Gasteiger partial charge in [-0.1, -0.05) is 31.9 Å². The van der Waals surface area contributed by atoms with Gasteiger partial charge in [-0.2, -0.15) is 0 Å². The molecule has 20 heavy (non-hydrogen) atoms. The van der Waals surface area contributed by atoms with Crippen molar-refractivity contribution < 1.29 is 9.53 Å². The van der Waals surface area contributed by atoms with E-state index in [9.17, 15) is 4.79 Å². The molecule has 1 aliphatic carbocycles. The number of para-hydroxylation sites is 1. The molecule has 1 saturated carbocycles. The third-order valence-electron chi connectivity index (χ3n) is 4.89. The highest BCUT2D eigenvalue weighted by Gasteiger charge is 2.29. The van der Waals surface area contributed by atoms with Gasteiger partial charge in [0.15, 0.2) is 5.78 Å². The van der Waals surface area contributed by atoms with Crippen LogP contribution in [0.4, 0.5) is 0 Å². The van der Waals surface area contributed by atoms with E-state index in [1.165, 1.54) is 31.2 Å². The summed E-state index contributed by atoms with van der Waals surface area (Å²) in [4.78, 5) is 12.7. The van der Waals surface area contributed by atoms with Crippen molar-refractivity contribution in [1.29, 1.82) is 0 Å². The number of carbonyl (C=O) groups is 1. The van der Waals surface area contributed by atoms with Crippen LogP contribution < -0.4 is 4.74 Å². The van der Waals surface area contributed by atoms with Crippen molar-refractivity contribution in [2.24, 2.45) is 11.8 Å².